The zero-order valence-corrected chi connectivity index (χ0v) is 13.4. The number of rotatable bonds is 6. The van der Waals surface area contributed by atoms with Crippen molar-refractivity contribution in [1.29, 1.82) is 0 Å². The van der Waals surface area contributed by atoms with Crippen molar-refractivity contribution in [3.05, 3.63) is 52.7 Å². The van der Waals surface area contributed by atoms with Crippen molar-refractivity contribution in [1.82, 2.24) is 15.5 Å². The summed E-state index contributed by atoms with van der Waals surface area (Å²) in [7, 11) is 0. The molecule has 0 radical (unpaired) electrons. The van der Waals surface area contributed by atoms with Gasteiger partial charge < -0.3 is 10.6 Å². The fourth-order valence-electron chi connectivity index (χ4n) is 1.79. The van der Waals surface area contributed by atoms with Gasteiger partial charge in [-0.05, 0) is 37.1 Å². The highest BCUT2D eigenvalue weighted by Gasteiger charge is 2.09. The summed E-state index contributed by atoms with van der Waals surface area (Å²) in [6.07, 6.45) is 0.988. The third kappa shape index (κ3) is 4.43. The Labute approximate surface area is 135 Å². The maximum absolute atomic E-state index is 12.0. The number of amides is 1. The second kappa shape index (κ2) is 7.75. The molecule has 1 amide bonds. The van der Waals surface area contributed by atoms with Crippen molar-refractivity contribution in [2.75, 3.05) is 5.32 Å². The third-order valence-electron chi connectivity index (χ3n) is 3.30. The Morgan fingerprint density at radius 1 is 1.23 bits per heavy atom. The minimum Gasteiger partial charge on any atom is -0.366 e. The lowest BCUT2D eigenvalue weighted by Gasteiger charge is -2.11. The van der Waals surface area contributed by atoms with Crippen LogP contribution in [0.25, 0.3) is 0 Å². The van der Waals surface area contributed by atoms with Crippen LogP contribution in [0.5, 0.6) is 0 Å². The molecule has 0 saturated heterocycles. The van der Waals surface area contributed by atoms with Crippen LogP contribution < -0.4 is 10.6 Å². The average molecular weight is 319 g/mol. The molecule has 1 atom stereocenters. The number of nitrogens with one attached hydrogen (secondary N) is 2. The zero-order valence-electron chi connectivity index (χ0n) is 12.6. The Morgan fingerprint density at radius 3 is 2.64 bits per heavy atom. The monoisotopic (exact) mass is 318 g/mol. The fraction of sp³-hybridized carbons (Fsp3) is 0.312. The van der Waals surface area contributed by atoms with E-state index in [1.165, 1.54) is 0 Å². The number of halogens is 1. The van der Waals surface area contributed by atoms with Crippen molar-refractivity contribution in [3.63, 3.8) is 0 Å². The van der Waals surface area contributed by atoms with E-state index in [2.05, 4.69) is 34.7 Å². The first kappa shape index (κ1) is 16.2. The lowest BCUT2D eigenvalue weighted by molar-refractivity contribution is 0.0945. The maximum Gasteiger partial charge on any atom is 0.272 e. The van der Waals surface area contributed by atoms with Crippen LogP contribution in [0, 0.1) is 0 Å². The molecule has 2 aromatic rings. The Balaban J connectivity index is 1.94. The standard InChI is InChI=1S/C16H19ClN4O/c1-3-11(2)19-15-9-8-14(20-21-15)16(22)18-10-12-6-4-5-7-13(12)17/h4-9,11H,3,10H2,1-2H3,(H,18,22)(H,19,21). The van der Waals surface area contributed by atoms with Crippen molar-refractivity contribution < 1.29 is 4.79 Å². The number of carbonyl (C=O) groups excluding carboxylic acids is 1. The summed E-state index contributed by atoms with van der Waals surface area (Å²) in [6.45, 7) is 4.50. The SMILES string of the molecule is CCC(C)Nc1ccc(C(=O)NCc2ccccc2Cl)nn1. The van der Waals surface area contributed by atoms with Gasteiger partial charge in [-0.25, -0.2) is 0 Å². The van der Waals surface area contributed by atoms with Gasteiger partial charge in [-0.1, -0.05) is 36.7 Å². The second-order valence-corrected chi connectivity index (χ2v) is 5.44. The van der Waals surface area contributed by atoms with Crippen molar-refractivity contribution in [2.45, 2.75) is 32.9 Å². The topological polar surface area (TPSA) is 66.9 Å². The zero-order chi connectivity index (χ0) is 15.9. The van der Waals surface area contributed by atoms with Crippen LogP contribution in [0.4, 0.5) is 5.82 Å². The van der Waals surface area contributed by atoms with Gasteiger partial charge in [0.1, 0.15) is 5.82 Å². The highest BCUT2D eigenvalue weighted by molar-refractivity contribution is 6.31. The third-order valence-corrected chi connectivity index (χ3v) is 3.67. The molecule has 6 heteroatoms. The van der Waals surface area contributed by atoms with Crippen molar-refractivity contribution in [3.8, 4) is 0 Å². The molecule has 1 heterocycles. The highest BCUT2D eigenvalue weighted by Crippen LogP contribution is 2.14. The summed E-state index contributed by atoms with van der Waals surface area (Å²) in [4.78, 5) is 12.0. The molecule has 0 aliphatic heterocycles. The van der Waals surface area contributed by atoms with Crippen LogP contribution >= 0.6 is 11.6 Å². The smallest absolute Gasteiger partial charge is 0.272 e. The first-order valence-electron chi connectivity index (χ1n) is 7.22. The fourth-order valence-corrected chi connectivity index (χ4v) is 2.00. The largest absolute Gasteiger partial charge is 0.366 e. The molecular weight excluding hydrogens is 300 g/mol. The minimum absolute atomic E-state index is 0.275. The van der Waals surface area contributed by atoms with Gasteiger partial charge in [-0.2, -0.15) is 0 Å². The van der Waals surface area contributed by atoms with Gasteiger partial charge in [0, 0.05) is 17.6 Å². The number of carbonyl (C=O) groups is 1. The van der Waals surface area contributed by atoms with E-state index in [1.54, 1.807) is 18.2 Å². The summed E-state index contributed by atoms with van der Waals surface area (Å²) in [6, 6.07) is 11.1. The number of anilines is 1. The second-order valence-electron chi connectivity index (χ2n) is 5.03. The van der Waals surface area contributed by atoms with E-state index < -0.39 is 0 Å². The number of nitrogens with zero attached hydrogens (tertiary/aromatic N) is 2. The van der Waals surface area contributed by atoms with Crippen LogP contribution in [0.2, 0.25) is 5.02 Å². The van der Waals surface area contributed by atoms with Crippen LogP contribution in [0.3, 0.4) is 0 Å². The van der Waals surface area contributed by atoms with E-state index in [0.29, 0.717) is 23.4 Å². The molecule has 2 N–H and O–H groups in total. The van der Waals surface area contributed by atoms with E-state index >= 15 is 0 Å². The molecule has 0 bridgehead atoms. The van der Waals surface area contributed by atoms with Gasteiger partial charge in [-0.15, -0.1) is 10.2 Å². The van der Waals surface area contributed by atoms with Crippen molar-refractivity contribution >= 4 is 23.3 Å². The summed E-state index contributed by atoms with van der Waals surface area (Å²) in [5.41, 5.74) is 1.14. The predicted molar refractivity (Wildman–Crippen MR) is 88.0 cm³/mol. The highest BCUT2D eigenvalue weighted by atomic mass is 35.5. The molecular formula is C16H19ClN4O. The first-order chi connectivity index (χ1) is 10.6. The maximum atomic E-state index is 12.0. The van der Waals surface area contributed by atoms with Gasteiger partial charge in [0.15, 0.2) is 5.69 Å². The molecule has 0 saturated carbocycles. The van der Waals surface area contributed by atoms with Crippen LogP contribution in [0.1, 0.15) is 36.3 Å². The van der Waals surface area contributed by atoms with E-state index in [0.717, 1.165) is 12.0 Å². The van der Waals surface area contributed by atoms with Crippen LogP contribution in [-0.4, -0.2) is 22.1 Å². The molecule has 0 aliphatic carbocycles. The summed E-state index contributed by atoms with van der Waals surface area (Å²) < 4.78 is 0. The molecule has 1 aromatic heterocycles. The molecule has 0 spiro atoms. The molecule has 1 aromatic carbocycles. The number of aromatic nitrogens is 2. The Hall–Kier alpha value is -2.14. The molecule has 0 aliphatic rings. The Kier molecular flexibility index (Phi) is 5.72. The Morgan fingerprint density at radius 2 is 2.00 bits per heavy atom. The lowest BCUT2D eigenvalue weighted by atomic mass is 10.2. The molecule has 1 unspecified atom stereocenters. The first-order valence-corrected chi connectivity index (χ1v) is 7.59. The van der Waals surface area contributed by atoms with E-state index in [1.807, 2.05) is 18.2 Å². The predicted octanol–water partition coefficient (Wildman–Crippen LogP) is 3.27. The number of hydrogen-bond donors (Lipinski definition) is 2. The van der Waals surface area contributed by atoms with E-state index in [9.17, 15) is 4.79 Å². The number of benzene rings is 1. The van der Waals surface area contributed by atoms with Gasteiger partial charge in [0.2, 0.25) is 0 Å². The molecule has 2 rings (SSSR count). The van der Waals surface area contributed by atoms with E-state index in [-0.39, 0.29) is 11.6 Å². The van der Waals surface area contributed by atoms with E-state index in [4.69, 9.17) is 11.6 Å². The van der Waals surface area contributed by atoms with Crippen LogP contribution in [0.15, 0.2) is 36.4 Å². The molecule has 116 valence electrons. The van der Waals surface area contributed by atoms with Gasteiger partial charge in [-0.3, -0.25) is 4.79 Å². The van der Waals surface area contributed by atoms with Gasteiger partial charge in [0.25, 0.3) is 5.91 Å². The number of hydrogen-bond acceptors (Lipinski definition) is 4. The normalized spacial score (nSPS) is 11.8. The quantitative estimate of drug-likeness (QED) is 0.858. The minimum atomic E-state index is -0.275. The lowest BCUT2D eigenvalue weighted by Crippen LogP contribution is -2.24. The van der Waals surface area contributed by atoms with Crippen LogP contribution in [-0.2, 0) is 6.54 Å². The van der Waals surface area contributed by atoms with Crippen molar-refractivity contribution in [2.24, 2.45) is 0 Å². The molecule has 5 nitrogen and oxygen atoms in total. The Bertz CT molecular complexity index is 630. The van der Waals surface area contributed by atoms with Gasteiger partial charge in [0.05, 0.1) is 0 Å². The molecule has 22 heavy (non-hydrogen) atoms. The van der Waals surface area contributed by atoms with Gasteiger partial charge >= 0.3 is 0 Å². The average Bonchev–Trinajstić information content (AvgIpc) is 2.54. The summed E-state index contributed by atoms with van der Waals surface area (Å²) >= 11 is 6.05. The summed E-state index contributed by atoms with van der Waals surface area (Å²) in [5.74, 6) is 0.388. The molecule has 0 fully saturated rings. The summed E-state index contributed by atoms with van der Waals surface area (Å²) in [5, 5.41) is 14.6.